The Morgan fingerprint density at radius 3 is 2.45 bits per heavy atom. The quantitative estimate of drug-likeness (QED) is 0.447. The fraction of sp³-hybridized carbons (Fsp3) is 0.600. The number of hydrogen-bond acceptors (Lipinski definition) is 1. The molecule has 0 spiro atoms. The van der Waals surface area contributed by atoms with Crippen LogP contribution in [0.3, 0.4) is 0 Å². The van der Waals surface area contributed by atoms with E-state index in [0.717, 1.165) is 17.7 Å². The second-order valence-electron chi connectivity index (χ2n) is 5.75. The Morgan fingerprint density at radius 2 is 1.77 bits per heavy atom. The van der Waals surface area contributed by atoms with Crippen LogP contribution < -0.4 is 4.74 Å². The third-order valence-corrected chi connectivity index (χ3v) is 3.88. The molecule has 1 aromatic carbocycles. The van der Waals surface area contributed by atoms with Crippen molar-refractivity contribution in [3.05, 3.63) is 35.4 Å². The SMILES string of the molecule is CC=Cc1c(CCCCCCCCC)cccc1OCC[O]. The molecule has 0 aliphatic rings. The van der Waals surface area contributed by atoms with E-state index < -0.39 is 0 Å². The van der Waals surface area contributed by atoms with E-state index in [-0.39, 0.29) is 13.2 Å². The maximum absolute atomic E-state index is 10.6. The third kappa shape index (κ3) is 7.13. The van der Waals surface area contributed by atoms with Crippen molar-refractivity contribution < 1.29 is 9.84 Å². The van der Waals surface area contributed by atoms with Gasteiger partial charge in [-0.3, -0.25) is 0 Å². The van der Waals surface area contributed by atoms with Crippen molar-refractivity contribution in [3.63, 3.8) is 0 Å². The fourth-order valence-corrected chi connectivity index (χ4v) is 2.71. The first kappa shape index (κ1) is 18.8. The van der Waals surface area contributed by atoms with Crippen LogP contribution in [0.2, 0.25) is 0 Å². The minimum absolute atomic E-state index is 0.197. The van der Waals surface area contributed by atoms with Crippen molar-refractivity contribution >= 4 is 6.08 Å². The van der Waals surface area contributed by atoms with E-state index in [2.05, 4.69) is 19.1 Å². The van der Waals surface area contributed by atoms with Gasteiger partial charge in [0.2, 0.25) is 0 Å². The first-order valence-corrected chi connectivity index (χ1v) is 8.79. The van der Waals surface area contributed by atoms with E-state index in [9.17, 15) is 5.11 Å². The Balaban J connectivity index is 2.50. The van der Waals surface area contributed by atoms with Gasteiger partial charge in [-0.05, 0) is 31.4 Å². The lowest BCUT2D eigenvalue weighted by Gasteiger charge is -2.12. The van der Waals surface area contributed by atoms with E-state index in [1.54, 1.807) is 0 Å². The van der Waals surface area contributed by atoms with Crippen LogP contribution in [-0.2, 0) is 11.5 Å². The lowest BCUT2D eigenvalue weighted by molar-refractivity contribution is 0.138. The largest absolute Gasteiger partial charge is 0.490 e. The molecule has 0 atom stereocenters. The number of unbranched alkanes of at least 4 members (excludes halogenated alkanes) is 6. The molecule has 0 aromatic heterocycles. The summed E-state index contributed by atoms with van der Waals surface area (Å²) >= 11 is 0. The van der Waals surface area contributed by atoms with Crippen LogP contribution in [0.15, 0.2) is 24.3 Å². The van der Waals surface area contributed by atoms with Crippen LogP contribution >= 0.6 is 0 Å². The Morgan fingerprint density at radius 1 is 1.05 bits per heavy atom. The van der Waals surface area contributed by atoms with Gasteiger partial charge in [0.25, 0.3) is 0 Å². The highest BCUT2D eigenvalue weighted by Gasteiger charge is 2.07. The van der Waals surface area contributed by atoms with E-state index in [4.69, 9.17) is 4.74 Å². The van der Waals surface area contributed by atoms with Crippen LogP contribution in [0.4, 0.5) is 0 Å². The Hall–Kier alpha value is -1.28. The number of benzene rings is 1. The van der Waals surface area contributed by atoms with Gasteiger partial charge in [-0.1, -0.05) is 69.7 Å². The van der Waals surface area contributed by atoms with Gasteiger partial charge < -0.3 is 4.74 Å². The molecule has 1 aromatic rings. The van der Waals surface area contributed by atoms with E-state index in [0.29, 0.717) is 0 Å². The van der Waals surface area contributed by atoms with Gasteiger partial charge in [0.1, 0.15) is 19.0 Å². The van der Waals surface area contributed by atoms with Gasteiger partial charge in [-0.2, -0.15) is 0 Å². The normalized spacial score (nSPS) is 11.2. The molecule has 0 fully saturated rings. The fourth-order valence-electron chi connectivity index (χ4n) is 2.71. The lowest BCUT2D eigenvalue weighted by atomic mass is 9.99. The number of ether oxygens (including phenoxy) is 1. The molecule has 0 aliphatic carbocycles. The summed E-state index contributed by atoms with van der Waals surface area (Å²) in [5, 5.41) is 10.6. The molecule has 2 heteroatoms. The molecule has 0 aliphatic heterocycles. The summed E-state index contributed by atoms with van der Waals surface area (Å²) in [4.78, 5) is 0. The van der Waals surface area contributed by atoms with Crippen molar-refractivity contribution in [1.82, 2.24) is 0 Å². The Kier molecular flexibility index (Phi) is 10.5. The molecule has 0 N–H and O–H groups in total. The zero-order valence-electron chi connectivity index (χ0n) is 14.3. The van der Waals surface area contributed by atoms with Crippen molar-refractivity contribution in [1.29, 1.82) is 0 Å². The lowest BCUT2D eigenvalue weighted by Crippen LogP contribution is -2.03. The smallest absolute Gasteiger partial charge is 0.126 e. The predicted molar refractivity (Wildman–Crippen MR) is 93.9 cm³/mol. The van der Waals surface area contributed by atoms with Gasteiger partial charge in [-0.15, -0.1) is 0 Å². The van der Waals surface area contributed by atoms with Crippen molar-refractivity contribution in [2.75, 3.05) is 13.2 Å². The number of allylic oxidation sites excluding steroid dienone is 1. The van der Waals surface area contributed by atoms with Gasteiger partial charge in [0, 0.05) is 5.56 Å². The minimum Gasteiger partial charge on any atom is -0.490 e. The number of aryl methyl sites for hydroxylation is 1. The minimum atomic E-state index is -0.197. The van der Waals surface area contributed by atoms with Crippen LogP contribution in [0.5, 0.6) is 5.75 Å². The molecule has 0 amide bonds. The van der Waals surface area contributed by atoms with E-state index in [1.807, 2.05) is 25.1 Å². The summed E-state index contributed by atoms with van der Waals surface area (Å²) in [6, 6.07) is 6.17. The summed E-state index contributed by atoms with van der Waals surface area (Å²) in [6.07, 6.45) is 14.5. The monoisotopic (exact) mass is 303 g/mol. The highest BCUT2D eigenvalue weighted by atomic mass is 16.5. The van der Waals surface area contributed by atoms with Crippen molar-refractivity contribution in [2.24, 2.45) is 0 Å². The zero-order chi connectivity index (χ0) is 16.0. The molecule has 123 valence electrons. The summed E-state index contributed by atoms with van der Waals surface area (Å²) < 4.78 is 5.59. The van der Waals surface area contributed by atoms with Gasteiger partial charge in [0.05, 0.1) is 0 Å². The Labute approximate surface area is 136 Å². The molecule has 0 saturated heterocycles. The van der Waals surface area contributed by atoms with Crippen LogP contribution in [-0.4, -0.2) is 13.2 Å². The maximum Gasteiger partial charge on any atom is 0.126 e. The zero-order valence-corrected chi connectivity index (χ0v) is 14.3. The summed E-state index contributed by atoms with van der Waals surface area (Å²) in [7, 11) is 0. The summed E-state index contributed by atoms with van der Waals surface area (Å²) in [5.41, 5.74) is 2.47. The highest BCUT2D eigenvalue weighted by molar-refractivity contribution is 5.61. The molecule has 0 bridgehead atoms. The molecule has 2 nitrogen and oxygen atoms in total. The first-order chi connectivity index (χ1) is 10.8. The topological polar surface area (TPSA) is 29.1 Å². The van der Waals surface area contributed by atoms with Crippen LogP contribution in [0.25, 0.3) is 6.08 Å². The van der Waals surface area contributed by atoms with Crippen molar-refractivity contribution in [3.8, 4) is 5.75 Å². The van der Waals surface area contributed by atoms with E-state index >= 15 is 0 Å². The van der Waals surface area contributed by atoms with Gasteiger partial charge >= 0.3 is 0 Å². The highest BCUT2D eigenvalue weighted by Crippen LogP contribution is 2.26. The average molecular weight is 303 g/mol. The number of rotatable bonds is 12. The molecule has 0 saturated carbocycles. The van der Waals surface area contributed by atoms with Gasteiger partial charge in [-0.25, -0.2) is 5.11 Å². The van der Waals surface area contributed by atoms with Crippen molar-refractivity contribution in [2.45, 2.75) is 65.2 Å². The molecular weight excluding hydrogens is 272 g/mol. The summed E-state index contributed by atoms with van der Waals surface area (Å²) in [6.45, 7) is 4.31. The van der Waals surface area contributed by atoms with Crippen LogP contribution in [0.1, 0.15) is 69.9 Å². The van der Waals surface area contributed by atoms with E-state index in [1.165, 1.54) is 50.5 Å². The predicted octanol–water partition coefficient (Wildman–Crippen LogP) is 5.82. The standard InChI is InChI=1S/C20H31O2/c1-3-5-6-7-8-9-10-13-18-14-11-15-20(22-17-16-21)19(18)12-4-2/h4,11-12,14-15H,3,5-10,13,16-17H2,1-2H3. The maximum atomic E-state index is 10.6. The Bertz CT molecular complexity index is 424. The summed E-state index contributed by atoms with van der Waals surface area (Å²) in [5.74, 6) is 0.842. The molecule has 0 unspecified atom stereocenters. The van der Waals surface area contributed by atoms with Crippen LogP contribution in [0, 0.1) is 0 Å². The molecule has 22 heavy (non-hydrogen) atoms. The first-order valence-electron chi connectivity index (χ1n) is 8.79. The second kappa shape index (κ2) is 12.3. The second-order valence-corrected chi connectivity index (χ2v) is 5.75. The average Bonchev–Trinajstić information content (AvgIpc) is 2.54. The molecule has 1 radical (unpaired) electrons. The van der Waals surface area contributed by atoms with Gasteiger partial charge in [0.15, 0.2) is 0 Å². The molecular formula is C20H31O2. The number of hydrogen-bond donors (Lipinski definition) is 0. The molecule has 0 heterocycles. The third-order valence-electron chi connectivity index (χ3n) is 3.88. The molecule has 1 rings (SSSR count).